The fraction of sp³-hybridized carbons (Fsp3) is 0.133. The molecule has 0 heterocycles. The maximum absolute atomic E-state index is 14.3. The van der Waals surface area contributed by atoms with Crippen molar-refractivity contribution in [3.05, 3.63) is 51.3 Å². The number of benzene rings is 2. The van der Waals surface area contributed by atoms with Gasteiger partial charge in [0.1, 0.15) is 5.69 Å². The molecule has 0 aliphatic heterocycles. The minimum Gasteiger partial charge on any atom is -0.465 e. The molecule has 0 aliphatic rings. The van der Waals surface area contributed by atoms with Crippen molar-refractivity contribution in [2.24, 2.45) is 0 Å². The van der Waals surface area contributed by atoms with Gasteiger partial charge in [0.25, 0.3) is 5.69 Å². The average molecular weight is 319 g/mol. The molecule has 0 aromatic heterocycles. The molecule has 23 heavy (non-hydrogen) atoms. The van der Waals surface area contributed by atoms with Crippen molar-refractivity contribution in [2.75, 3.05) is 18.6 Å². The van der Waals surface area contributed by atoms with Gasteiger partial charge < -0.3 is 16.2 Å². The zero-order valence-electron chi connectivity index (χ0n) is 12.4. The van der Waals surface area contributed by atoms with Crippen molar-refractivity contribution in [2.45, 2.75) is 6.92 Å². The van der Waals surface area contributed by atoms with E-state index in [1.165, 1.54) is 32.2 Å². The summed E-state index contributed by atoms with van der Waals surface area (Å²) < 4.78 is 18.9. The van der Waals surface area contributed by atoms with Crippen molar-refractivity contribution in [1.82, 2.24) is 0 Å². The Morgan fingerprint density at radius 2 is 2.00 bits per heavy atom. The highest BCUT2D eigenvalue weighted by Crippen LogP contribution is 2.39. The summed E-state index contributed by atoms with van der Waals surface area (Å²) in [6.45, 7) is 1.40. The number of anilines is 2. The first kappa shape index (κ1) is 16.2. The number of esters is 1. The number of hydrogen-bond acceptors (Lipinski definition) is 6. The normalized spacial score (nSPS) is 10.4. The second-order valence-electron chi connectivity index (χ2n) is 4.81. The third kappa shape index (κ3) is 2.66. The summed E-state index contributed by atoms with van der Waals surface area (Å²) in [5.41, 5.74) is 10.8. The predicted molar refractivity (Wildman–Crippen MR) is 83.4 cm³/mol. The highest BCUT2D eigenvalue weighted by molar-refractivity contribution is 6.01. The molecule has 0 unspecified atom stereocenters. The Morgan fingerprint density at radius 1 is 1.35 bits per heavy atom. The SMILES string of the molecule is COC(=O)c1cccc(N)c1-c1cc([N+](=O)[O-])c(N)c(F)c1C. The van der Waals surface area contributed by atoms with Gasteiger partial charge in [0.2, 0.25) is 0 Å². The van der Waals surface area contributed by atoms with E-state index >= 15 is 0 Å². The molecular weight excluding hydrogens is 305 g/mol. The summed E-state index contributed by atoms with van der Waals surface area (Å²) in [6.07, 6.45) is 0. The van der Waals surface area contributed by atoms with Gasteiger partial charge >= 0.3 is 5.97 Å². The first-order valence-corrected chi connectivity index (χ1v) is 6.49. The topological polar surface area (TPSA) is 121 Å². The lowest BCUT2D eigenvalue weighted by molar-refractivity contribution is -0.384. The van der Waals surface area contributed by atoms with Crippen LogP contribution in [-0.2, 0) is 4.74 Å². The van der Waals surface area contributed by atoms with Gasteiger partial charge in [-0.15, -0.1) is 0 Å². The maximum atomic E-state index is 14.3. The molecular formula is C15H14FN3O4. The second kappa shape index (κ2) is 5.91. The largest absolute Gasteiger partial charge is 0.465 e. The van der Waals surface area contributed by atoms with Gasteiger partial charge in [0.05, 0.1) is 17.6 Å². The van der Waals surface area contributed by atoms with Crippen LogP contribution >= 0.6 is 0 Å². The van der Waals surface area contributed by atoms with Crippen molar-refractivity contribution in [3.8, 4) is 11.1 Å². The minimum absolute atomic E-state index is 0.0520. The van der Waals surface area contributed by atoms with Crippen LogP contribution in [-0.4, -0.2) is 18.0 Å². The van der Waals surface area contributed by atoms with Crippen molar-refractivity contribution in [3.63, 3.8) is 0 Å². The third-order valence-electron chi connectivity index (χ3n) is 3.49. The number of methoxy groups -OCH3 is 1. The predicted octanol–water partition coefficient (Wildman–Crippen LogP) is 2.66. The van der Waals surface area contributed by atoms with Crippen LogP contribution in [0.25, 0.3) is 11.1 Å². The van der Waals surface area contributed by atoms with Gasteiger partial charge in [-0.25, -0.2) is 9.18 Å². The lowest BCUT2D eigenvalue weighted by Gasteiger charge is -2.15. The van der Waals surface area contributed by atoms with E-state index in [-0.39, 0.29) is 27.9 Å². The van der Waals surface area contributed by atoms with E-state index in [2.05, 4.69) is 4.74 Å². The monoisotopic (exact) mass is 319 g/mol. The Balaban J connectivity index is 2.88. The maximum Gasteiger partial charge on any atom is 0.338 e. The molecule has 0 saturated heterocycles. The minimum atomic E-state index is -0.923. The highest BCUT2D eigenvalue weighted by atomic mass is 19.1. The Bertz CT molecular complexity index is 821. The second-order valence-corrected chi connectivity index (χ2v) is 4.81. The van der Waals surface area contributed by atoms with Gasteiger partial charge in [-0.3, -0.25) is 10.1 Å². The zero-order valence-corrected chi connectivity index (χ0v) is 12.4. The summed E-state index contributed by atoms with van der Waals surface area (Å²) in [6, 6.07) is 5.58. The third-order valence-corrected chi connectivity index (χ3v) is 3.49. The summed E-state index contributed by atoms with van der Waals surface area (Å²) in [4.78, 5) is 22.2. The number of nitrogens with two attached hydrogens (primary N) is 2. The summed E-state index contributed by atoms with van der Waals surface area (Å²) in [5.74, 6) is -1.61. The number of ether oxygens (including phenoxy) is 1. The Morgan fingerprint density at radius 3 is 2.57 bits per heavy atom. The molecule has 0 saturated carbocycles. The van der Waals surface area contributed by atoms with Crippen LogP contribution < -0.4 is 11.5 Å². The van der Waals surface area contributed by atoms with E-state index in [0.717, 1.165) is 6.07 Å². The molecule has 8 heteroatoms. The van der Waals surface area contributed by atoms with Crippen LogP contribution in [0.1, 0.15) is 15.9 Å². The molecule has 0 bridgehead atoms. The Labute approximate surface area is 130 Å². The van der Waals surface area contributed by atoms with Crippen molar-refractivity contribution >= 4 is 23.0 Å². The Kier molecular flexibility index (Phi) is 4.17. The Hall–Kier alpha value is -3.16. The molecule has 0 spiro atoms. The number of halogens is 1. The molecule has 7 nitrogen and oxygen atoms in total. The van der Waals surface area contributed by atoms with Crippen LogP contribution in [0.15, 0.2) is 24.3 Å². The van der Waals surface area contributed by atoms with E-state index < -0.39 is 28.1 Å². The van der Waals surface area contributed by atoms with Crippen molar-refractivity contribution in [1.29, 1.82) is 0 Å². The molecule has 2 aromatic carbocycles. The van der Waals surface area contributed by atoms with Gasteiger partial charge in [0, 0.05) is 17.3 Å². The standard InChI is InChI=1S/C15H14FN3O4/c1-7-9(6-11(19(21)22)14(18)13(7)16)12-8(15(20)23-2)4-3-5-10(12)17/h3-6H,17-18H2,1-2H3. The van der Waals surface area contributed by atoms with E-state index in [1.807, 2.05) is 0 Å². The van der Waals surface area contributed by atoms with Crippen LogP contribution in [0.5, 0.6) is 0 Å². The van der Waals surface area contributed by atoms with E-state index in [1.54, 1.807) is 0 Å². The van der Waals surface area contributed by atoms with E-state index in [0.29, 0.717) is 0 Å². The highest BCUT2D eigenvalue weighted by Gasteiger charge is 2.25. The van der Waals surface area contributed by atoms with Crippen LogP contribution in [0.2, 0.25) is 0 Å². The molecule has 2 rings (SSSR count). The quantitative estimate of drug-likeness (QED) is 0.388. The number of carbonyl (C=O) groups is 1. The molecule has 0 amide bonds. The lowest BCUT2D eigenvalue weighted by atomic mass is 9.93. The van der Waals surface area contributed by atoms with Crippen LogP contribution in [0.4, 0.5) is 21.5 Å². The van der Waals surface area contributed by atoms with Gasteiger partial charge in [-0.05, 0) is 30.2 Å². The lowest BCUT2D eigenvalue weighted by Crippen LogP contribution is -2.08. The molecule has 0 fully saturated rings. The fourth-order valence-corrected chi connectivity index (χ4v) is 2.32. The first-order chi connectivity index (χ1) is 10.8. The number of nitrogen functional groups attached to an aromatic ring is 2. The number of nitro groups is 1. The van der Waals surface area contributed by atoms with Gasteiger partial charge in [0.15, 0.2) is 5.82 Å². The fourth-order valence-electron chi connectivity index (χ4n) is 2.32. The van der Waals surface area contributed by atoms with Gasteiger partial charge in [-0.1, -0.05) is 6.07 Å². The van der Waals surface area contributed by atoms with Crippen LogP contribution in [0.3, 0.4) is 0 Å². The summed E-state index contributed by atoms with van der Waals surface area (Å²) in [5, 5.41) is 11.1. The molecule has 0 aliphatic carbocycles. The number of nitro benzene ring substituents is 1. The molecule has 0 radical (unpaired) electrons. The number of carbonyl (C=O) groups excluding carboxylic acids is 1. The number of hydrogen-bond donors (Lipinski definition) is 2. The van der Waals surface area contributed by atoms with E-state index in [4.69, 9.17) is 11.5 Å². The average Bonchev–Trinajstić information content (AvgIpc) is 2.52. The summed E-state index contributed by atoms with van der Waals surface area (Å²) >= 11 is 0. The van der Waals surface area contributed by atoms with Crippen molar-refractivity contribution < 1.29 is 18.8 Å². The van der Waals surface area contributed by atoms with Crippen LogP contribution in [0, 0.1) is 22.9 Å². The number of rotatable bonds is 3. The zero-order chi connectivity index (χ0) is 17.3. The number of nitrogens with zero attached hydrogens (tertiary/aromatic N) is 1. The summed E-state index contributed by atoms with van der Waals surface area (Å²) in [7, 11) is 1.19. The van der Waals surface area contributed by atoms with E-state index in [9.17, 15) is 19.3 Å². The van der Waals surface area contributed by atoms with Gasteiger partial charge in [-0.2, -0.15) is 0 Å². The first-order valence-electron chi connectivity index (χ1n) is 6.49. The molecule has 0 atom stereocenters. The smallest absolute Gasteiger partial charge is 0.338 e. The molecule has 2 aromatic rings. The molecule has 4 N–H and O–H groups in total. The molecule has 120 valence electrons.